The molecule has 3 aromatic heterocycles. The van der Waals surface area contributed by atoms with Gasteiger partial charge < -0.3 is 20.1 Å². The van der Waals surface area contributed by atoms with Crippen LogP contribution >= 0.6 is 0 Å². The molecule has 11 heteroatoms. The molecule has 0 saturated carbocycles. The molecule has 1 aliphatic rings. The Hall–Kier alpha value is -4.09. The predicted molar refractivity (Wildman–Crippen MR) is 147 cm³/mol. The van der Waals surface area contributed by atoms with Crippen molar-refractivity contribution in [1.29, 1.82) is 0 Å². The Balaban J connectivity index is 1.47. The summed E-state index contributed by atoms with van der Waals surface area (Å²) in [5.41, 5.74) is -0.317. The number of fused-ring (bicyclic) bond motifs is 1. The summed E-state index contributed by atoms with van der Waals surface area (Å²) in [4.78, 5) is 28.9. The Morgan fingerprint density at radius 2 is 2.00 bits per heavy atom. The zero-order chi connectivity index (χ0) is 27.7. The molecule has 0 radical (unpaired) electrons. The molecule has 204 valence electrons. The lowest BCUT2D eigenvalue weighted by Crippen LogP contribution is -2.35. The van der Waals surface area contributed by atoms with E-state index in [2.05, 4.69) is 38.8 Å². The van der Waals surface area contributed by atoms with E-state index < -0.39 is 11.4 Å². The van der Waals surface area contributed by atoms with Crippen molar-refractivity contribution in [1.82, 2.24) is 29.2 Å². The van der Waals surface area contributed by atoms with E-state index >= 15 is 0 Å². The number of aliphatic hydroxyl groups is 1. The number of benzene rings is 1. The molecule has 0 amide bonds. The topological polar surface area (TPSA) is 110 Å². The van der Waals surface area contributed by atoms with Crippen LogP contribution in [0.3, 0.4) is 0 Å². The van der Waals surface area contributed by atoms with Crippen LogP contribution in [-0.4, -0.2) is 60.6 Å². The highest BCUT2D eigenvalue weighted by molar-refractivity contribution is 5.77. The van der Waals surface area contributed by atoms with Crippen LogP contribution in [-0.2, 0) is 12.1 Å². The maximum Gasteiger partial charge on any atom is 0.278 e. The SMILES string of the molecule is C=CCn1c(=O)c2cnc(Nc3ccc(OC4CCN(C)CC4)c(F)c3)nc2n1-c1cccc(C(C)(C)O)n1. The van der Waals surface area contributed by atoms with Gasteiger partial charge in [-0.3, -0.25) is 4.79 Å². The first-order valence-electron chi connectivity index (χ1n) is 12.9. The first-order chi connectivity index (χ1) is 18.6. The largest absolute Gasteiger partial charge is 0.487 e. The molecule has 1 aromatic carbocycles. The van der Waals surface area contributed by atoms with Crippen LogP contribution in [0.5, 0.6) is 5.75 Å². The summed E-state index contributed by atoms with van der Waals surface area (Å²) in [6.07, 6.45) is 4.72. The molecule has 4 aromatic rings. The van der Waals surface area contributed by atoms with Crippen LogP contribution in [0.4, 0.5) is 16.0 Å². The smallest absolute Gasteiger partial charge is 0.278 e. The van der Waals surface area contributed by atoms with Crippen molar-refractivity contribution in [3.63, 3.8) is 0 Å². The maximum absolute atomic E-state index is 14.9. The number of likely N-dealkylation sites (tertiary alicyclic amines) is 1. The van der Waals surface area contributed by atoms with E-state index in [0.29, 0.717) is 22.8 Å². The number of hydrogen-bond donors (Lipinski definition) is 2. The van der Waals surface area contributed by atoms with Crippen LogP contribution in [0.1, 0.15) is 32.4 Å². The standard InChI is InChI=1S/C28H32FN7O3/c1-5-13-35-26(37)20-17-30-27(33-25(20)36(35)24-8-6-7-23(32-24)28(2,3)38)31-18-9-10-22(21(29)16-18)39-19-11-14-34(4)15-12-19/h5-10,16-17,19,38H,1,11-15H2,2-4H3,(H,30,31,33). The summed E-state index contributed by atoms with van der Waals surface area (Å²) in [6.45, 7) is 9.07. The number of aromatic nitrogens is 5. The summed E-state index contributed by atoms with van der Waals surface area (Å²) in [5.74, 6) is 0.296. The van der Waals surface area contributed by atoms with E-state index in [4.69, 9.17) is 4.74 Å². The van der Waals surface area contributed by atoms with Crippen molar-refractivity contribution < 1.29 is 14.2 Å². The third-order valence-corrected chi connectivity index (χ3v) is 6.70. The zero-order valence-electron chi connectivity index (χ0n) is 22.3. The fraction of sp³-hybridized carbons (Fsp3) is 0.357. The number of ether oxygens (including phenoxy) is 1. The van der Waals surface area contributed by atoms with Crippen molar-refractivity contribution in [3.05, 3.63) is 77.1 Å². The highest BCUT2D eigenvalue weighted by Crippen LogP contribution is 2.27. The summed E-state index contributed by atoms with van der Waals surface area (Å²) in [6, 6.07) is 9.82. The Bertz CT molecular complexity index is 1570. The van der Waals surface area contributed by atoms with Crippen LogP contribution < -0.4 is 15.6 Å². The third-order valence-electron chi connectivity index (χ3n) is 6.70. The molecule has 1 aliphatic heterocycles. The molecule has 0 spiro atoms. The Morgan fingerprint density at radius 3 is 2.69 bits per heavy atom. The number of nitrogens with one attached hydrogen (secondary N) is 1. The van der Waals surface area contributed by atoms with Crippen molar-refractivity contribution >= 4 is 22.7 Å². The molecular formula is C28H32FN7O3. The van der Waals surface area contributed by atoms with Gasteiger partial charge >= 0.3 is 0 Å². The second-order valence-electron chi connectivity index (χ2n) is 10.2. The second kappa shape index (κ2) is 10.6. The zero-order valence-corrected chi connectivity index (χ0v) is 22.3. The van der Waals surface area contributed by atoms with Gasteiger partial charge in [0.05, 0.1) is 12.2 Å². The first-order valence-corrected chi connectivity index (χ1v) is 12.9. The Morgan fingerprint density at radius 1 is 1.23 bits per heavy atom. The van der Waals surface area contributed by atoms with Crippen molar-refractivity contribution in [2.45, 2.75) is 44.9 Å². The summed E-state index contributed by atoms with van der Waals surface area (Å²) >= 11 is 0. The number of pyridine rings is 1. The predicted octanol–water partition coefficient (Wildman–Crippen LogP) is 3.75. The first kappa shape index (κ1) is 26.5. The van der Waals surface area contributed by atoms with Crippen LogP contribution in [0.2, 0.25) is 0 Å². The van der Waals surface area contributed by atoms with E-state index in [1.54, 1.807) is 54.9 Å². The summed E-state index contributed by atoms with van der Waals surface area (Å²) < 4.78 is 23.8. The molecule has 2 N–H and O–H groups in total. The van der Waals surface area contributed by atoms with E-state index in [1.165, 1.54) is 16.9 Å². The van der Waals surface area contributed by atoms with Crippen molar-refractivity contribution in [2.24, 2.45) is 0 Å². The van der Waals surface area contributed by atoms with Gasteiger partial charge in [-0.1, -0.05) is 12.1 Å². The van der Waals surface area contributed by atoms with E-state index in [1.807, 2.05) is 0 Å². The molecule has 39 heavy (non-hydrogen) atoms. The number of nitrogens with zero attached hydrogens (tertiary/aromatic N) is 6. The molecule has 1 fully saturated rings. The van der Waals surface area contributed by atoms with E-state index in [-0.39, 0.29) is 35.3 Å². The Kier molecular flexibility index (Phi) is 7.19. The average Bonchev–Trinajstić information content (AvgIpc) is 3.17. The lowest BCUT2D eigenvalue weighted by Gasteiger charge is -2.29. The van der Waals surface area contributed by atoms with Crippen molar-refractivity contribution in [2.75, 3.05) is 25.5 Å². The number of hydrogen-bond acceptors (Lipinski definition) is 8. The number of anilines is 2. The minimum atomic E-state index is -1.18. The Labute approximate surface area is 225 Å². The molecule has 0 bridgehead atoms. The van der Waals surface area contributed by atoms with E-state index in [9.17, 15) is 14.3 Å². The van der Waals surface area contributed by atoms with Gasteiger partial charge in [-0.2, -0.15) is 4.98 Å². The maximum atomic E-state index is 14.9. The fourth-order valence-corrected chi connectivity index (χ4v) is 4.58. The van der Waals surface area contributed by atoms with Gasteiger partial charge in [0.2, 0.25) is 5.95 Å². The van der Waals surface area contributed by atoms with Gasteiger partial charge in [-0.05, 0) is 58.0 Å². The lowest BCUT2D eigenvalue weighted by molar-refractivity contribution is 0.0738. The van der Waals surface area contributed by atoms with Gasteiger partial charge in [0, 0.05) is 31.0 Å². The minimum absolute atomic E-state index is 0.0138. The van der Waals surface area contributed by atoms with Gasteiger partial charge in [0.15, 0.2) is 23.0 Å². The molecule has 4 heterocycles. The third kappa shape index (κ3) is 5.55. The molecule has 0 unspecified atom stereocenters. The van der Waals surface area contributed by atoms with Gasteiger partial charge in [0.25, 0.3) is 5.56 Å². The van der Waals surface area contributed by atoms with E-state index in [0.717, 1.165) is 25.9 Å². The van der Waals surface area contributed by atoms with Crippen LogP contribution in [0.15, 0.2) is 60.0 Å². The molecule has 5 rings (SSSR count). The van der Waals surface area contributed by atoms with Crippen LogP contribution in [0.25, 0.3) is 16.9 Å². The molecule has 1 saturated heterocycles. The molecule has 0 aliphatic carbocycles. The summed E-state index contributed by atoms with van der Waals surface area (Å²) in [7, 11) is 2.06. The minimum Gasteiger partial charge on any atom is -0.487 e. The van der Waals surface area contributed by atoms with Gasteiger partial charge in [-0.15, -0.1) is 6.58 Å². The second-order valence-corrected chi connectivity index (χ2v) is 10.2. The van der Waals surface area contributed by atoms with Crippen LogP contribution in [0, 0.1) is 5.82 Å². The monoisotopic (exact) mass is 533 g/mol. The lowest BCUT2D eigenvalue weighted by atomic mass is 10.1. The van der Waals surface area contributed by atoms with Gasteiger partial charge in [0.1, 0.15) is 17.1 Å². The molecule has 10 nitrogen and oxygen atoms in total. The molecule has 0 atom stereocenters. The highest BCUT2D eigenvalue weighted by atomic mass is 19.1. The van der Waals surface area contributed by atoms with Crippen molar-refractivity contribution in [3.8, 4) is 11.6 Å². The number of rotatable bonds is 8. The quantitative estimate of drug-likeness (QED) is 0.330. The fourth-order valence-electron chi connectivity index (χ4n) is 4.58. The summed E-state index contributed by atoms with van der Waals surface area (Å²) in [5, 5.41) is 13.8. The normalized spacial score (nSPS) is 15.0. The number of allylic oxidation sites excluding steroid dienone is 1. The molecular weight excluding hydrogens is 501 g/mol. The number of halogens is 1. The number of piperidine rings is 1. The highest BCUT2D eigenvalue weighted by Gasteiger charge is 2.22. The van der Waals surface area contributed by atoms with Gasteiger partial charge in [-0.25, -0.2) is 23.7 Å². The average molecular weight is 534 g/mol.